The van der Waals surface area contributed by atoms with Crippen molar-refractivity contribution in [3.63, 3.8) is 0 Å². The molecule has 2 saturated heterocycles. The minimum Gasteiger partial charge on any atom is -0.461 e. The highest BCUT2D eigenvalue weighted by Crippen LogP contribution is 2.65. The number of unbranched alkanes of at least 4 members (excludes halogenated alkanes) is 1. The van der Waals surface area contributed by atoms with Crippen LogP contribution in [0.15, 0.2) is 24.3 Å². The standard InChI is InChI=1S/C27H40N2O5S/c1-24(2,3)17-25(4,5)29-14-9-12-27-18(19-23(33)34-16-10-11-26(19,6)35-27)21(31)28(13-7-8-15-30)20(27)22(29)32/h9-12,18-20,30H,7-8,13-17H2,1-6H3/t18-,19-,20?,26+,27-/m0/s1. The maximum Gasteiger partial charge on any atom is 0.311 e. The van der Waals surface area contributed by atoms with Gasteiger partial charge < -0.3 is 19.6 Å². The molecule has 4 aliphatic rings. The molecule has 0 aromatic rings. The zero-order chi connectivity index (χ0) is 25.8. The van der Waals surface area contributed by atoms with Gasteiger partial charge in [0.1, 0.15) is 12.6 Å². The van der Waals surface area contributed by atoms with Crippen LogP contribution in [0.5, 0.6) is 0 Å². The fraction of sp³-hybridized carbons (Fsp3) is 0.741. The van der Waals surface area contributed by atoms with Gasteiger partial charge >= 0.3 is 5.97 Å². The molecule has 0 aliphatic carbocycles. The number of aliphatic hydroxyl groups is 1. The molecule has 1 N–H and O–H groups in total. The van der Waals surface area contributed by atoms with Crippen molar-refractivity contribution >= 4 is 29.5 Å². The lowest BCUT2D eigenvalue weighted by Gasteiger charge is -2.44. The third-order valence-electron chi connectivity index (χ3n) is 7.81. The number of amides is 2. The highest BCUT2D eigenvalue weighted by Gasteiger charge is 2.74. The van der Waals surface area contributed by atoms with Crippen molar-refractivity contribution in [3.8, 4) is 0 Å². The van der Waals surface area contributed by atoms with Crippen molar-refractivity contribution in [2.45, 2.75) is 81.9 Å². The van der Waals surface area contributed by atoms with Gasteiger partial charge in [0, 0.05) is 30.0 Å². The van der Waals surface area contributed by atoms with Gasteiger partial charge in [-0.15, -0.1) is 11.8 Å². The molecular weight excluding hydrogens is 464 g/mol. The van der Waals surface area contributed by atoms with E-state index >= 15 is 0 Å². The molecule has 0 radical (unpaired) electrons. The SMILES string of the molecule is CC(C)(C)CC(C)(C)N1CC=C[C@]23S[C@]4(C)C=CCOC(=O)[C@@H]4[C@H]2C(=O)N(CCCCO)C3C1=O. The van der Waals surface area contributed by atoms with E-state index in [0.717, 1.165) is 6.42 Å². The zero-order valence-electron chi connectivity index (χ0n) is 21.9. The van der Waals surface area contributed by atoms with E-state index in [9.17, 15) is 19.5 Å². The van der Waals surface area contributed by atoms with Crippen molar-refractivity contribution < 1.29 is 24.2 Å². The molecule has 4 aliphatic heterocycles. The third-order valence-corrected chi connectivity index (χ3v) is 9.61. The number of hydrogen-bond acceptors (Lipinski definition) is 6. The first-order chi connectivity index (χ1) is 16.3. The van der Waals surface area contributed by atoms with Crippen LogP contribution in [-0.2, 0) is 19.1 Å². The topological polar surface area (TPSA) is 87.2 Å². The molecule has 0 aromatic carbocycles. The van der Waals surface area contributed by atoms with Gasteiger partial charge in [0.05, 0.1) is 16.6 Å². The van der Waals surface area contributed by atoms with E-state index in [0.29, 0.717) is 25.9 Å². The Kier molecular flexibility index (Phi) is 6.71. The highest BCUT2D eigenvalue weighted by atomic mass is 32.2. The molecule has 0 saturated carbocycles. The van der Waals surface area contributed by atoms with Gasteiger partial charge in [-0.3, -0.25) is 14.4 Å². The van der Waals surface area contributed by atoms with E-state index in [2.05, 4.69) is 34.6 Å². The summed E-state index contributed by atoms with van der Waals surface area (Å²) in [6.45, 7) is 13.8. The first kappa shape index (κ1) is 26.3. The monoisotopic (exact) mass is 504 g/mol. The third kappa shape index (κ3) is 4.35. The van der Waals surface area contributed by atoms with Gasteiger partial charge in [-0.25, -0.2) is 0 Å². The smallest absolute Gasteiger partial charge is 0.311 e. The van der Waals surface area contributed by atoms with Crippen molar-refractivity contribution in [1.29, 1.82) is 0 Å². The lowest BCUT2D eigenvalue weighted by atomic mass is 9.74. The molecule has 7 nitrogen and oxygen atoms in total. The van der Waals surface area contributed by atoms with Crippen molar-refractivity contribution in [2.24, 2.45) is 17.3 Å². The van der Waals surface area contributed by atoms with Crippen molar-refractivity contribution in [2.75, 3.05) is 26.3 Å². The molecule has 1 spiro atoms. The summed E-state index contributed by atoms with van der Waals surface area (Å²) in [6.07, 6.45) is 9.87. The molecule has 2 amide bonds. The molecule has 1 unspecified atom stereocenters. The number of hydrogen-bond donors (Lipinski definition) is 1. The number of likely N-dealkylation sites (tertiary alicyclic amines) is 1. The number of thioether (sulfide) groups is 1. The average Bonchev–Trinajstić information content (AvgIpc) is 2.97. The van der Waals surface area contributed by atoms with Crippen LogP contribution in [0.2, 0.25) is 0 Å². The van der Waals surface area contributed by atoms with Crippen molar-refractivity contribution in [3.05, 3.63) is 24.3 Å². The Hall–Kier alpha value is -1.80. The lowest BCUT2D eigenvalue weighted by Crippen LogP contribution is -2.58. The number of aliphatic hydroxyl groups excluding tert-OH is 1. The average molecular weight is 505 g/mol. The Morgan fingerprint density at radius 1 is 1.06 bits per heavy atom. The van der Waals surface area contributed by atoms with Crippen LogP contribution in [0.1, 0.15) is 60.8 Å². The maximum absolute atomic E-state index is 14.4. The minimum atomic E-state index is -0.847. The predicted octanol–water partition coefficient (Wildman–Crippen LogP) is 3.17. The fourth-order valence-electron chi connectivity index (χ4n) is 6.93. The summed E-state index contributed by atoms with van der Waals surface area (Å²) in [5.41, 5.74) is -0.400. The van der Waals surface area contributed by atoms with Gasteiger partial charge in [-0.05, 0) is 51.5 Å². The highest BCUT2D eigenvalue weighted by molar-refractivity contribution is 8.02. The summed E-state index contributed by atoms with van der Waals surface area (Å²) < 4.78 is 3.99. The Balaban J connectivity index is 1.81. The largest absolute Gasteiger partial charge is 0.461 e. The van der Waals surface area contributed by atoms with Crippen LogP contribution in [0, 0.1) is 17.3 Å². The summed E-state index contributed by atoms with van der Waals surface area (Å²) >= 11 is 1.57. The van der Waals surface area contributed by atoms with Crippen molar-refractivity contribution in [1.82, 2.24) is 9.80 Å². The first-order valence-electron chi connectivity index (χ1n) is 12.7. The lowest BCUT2D eigenvalue weighted by molar-refractivity contribution is -0.152. The summed E-state index contributed by atoms with van der Waals surface area (Å²) in [5.74, 6) is -1.91. The first-order valence-corrected chi connectivity index (χ1v) is 13.5. The van der Waals surface area contributed by atoms with E-state index in [-0.39, 0.29) is 36.4 Å². The van der Waals surface area contributed by atoms with Crippen LogP contribution in [-0.4, -0.2) is 80.1 Å². The van der Waals surface area contributed by atoms with Gasteiger partial charge in [0.2, 0.25) is 11.8 Å². The molecule has 35 heavy (non-hydrogen) atoms. The number of cyclic esters (lactones) is 1. The van der Waals surface area contributed by atoms with Gasteiger partial charge in [-0.2, -0.15) is 0 Å². The van der Waals surface area contributed by atoms with E-state index in [1.165, 1.54) is 0 Å². The molecule has 4 heterocycles. The number of fused-ring (bicyclic) bond motifs is 2. The molecule has 5 atom stereocenters. The number of carbonyl (C=O) groups is 3. The minimum absolute atomic E-state index is 0.0175. The van der Waals surface area contributed by atoms with Gasteiger partial charge in [0.25, 0.3) is 0 Å². The molecule has 4 rings (SSSR count). The zero-order valence-corrected chi connectivity index (χ0v) is 22.7. The number of ether oxygens (including phenoxy) is 1. The normalized spacial score (nSPS) is 34.9. The second-order valence-electron chi connectivity index (χ2n) is 12.4. The Labute approximate surface area is 213 Å². The maximum atomic E-state index is 14.4. The van der Waals surface area contributed by atoms with E-state index in [1.54, 1.807) is 16.7 Å². The summed E-state index contributed by atoms with van der Waals surface area (Å²) in [7, 11) is 0. The molecule has 194 valence electrons. The Bertz CT molecular complexity index is 954. The second kappa shape index (κ2) is 8.94. The molecule has 0 aromatic heterocycles. The summed E-state index contributed by atoms with van der Waals surface area (Å²) in [4.78, 5) is 45.3. The van der Waals surface area contributed by atoms with E-state index in [1.807, 2.05) is 36.1 Å². The van der Waals surface area contributed by atoms with E-state index < -0.39 is 32.9 Å². The van der Waals surface area contributed by atoms with Gasteiger partial charge in [0.15, 0.2) is 0 Å². The van der Waals surface area contributed by atoms with Crippen LogP contribution < -0.4 is 0 Å². The summed E-state index contributed by atoms with van der Waals surface area (Å²) in [5, 5.41) is 9.34. The Morgan fingerprint density at radius 3 is 2.43 bits per heavy atom. The number of nitrogens with zero attached hydrogens (tertiary/aromatic N) is 2. The molecule has 8 heteroatoms. The van der Waals surface area contributed by atoms with Crippen LogP contribution in [0.3, 0.4) is 0 Å². The predicted molar refractivity (Wildman–Crippen MR) is 137 cm³/mol. The molecular formula is C27H40N2O5S. The summed E-state index contributed by atoms with van der Waals surface area (Å²) in [6, 6.07) is -0.702. The number of carbonyl (C=O) groups excluding carboxylic acids is 3. The number of esters is 1. The van der Waals surface area contributed by atoms with Crippen LogP contribution >= 0.6 is 11.8 Å². The quantitative estimate of drug-likeness (QED) is 0.340. The van der Waals surface area contributed by atoms with E-state index in [4.69, 9.17) is 4.74 Å². The number of rotatable bonds is 6. The van der Waals surface area contributed by atoms with Crippen LogP contribution in [0.4, 0.5) is 0 Å². The Morgan fingerprint density at radius 2 is 1.77 bits per heavy atom. The molecule has 0 bridgehead atoms. The molecule has 2 fully saturated rings. The second-order valence-corrected chi connectivity index (χ2v) is 14.2. The fourth-order valence-corrected chi connectivity index (χ4v) is 9.08. The van der Waals surface area contributed by atoms with Gasteiger partial charge in [-0.1, -0.05) is 39.0 Å². The van der Waals surface area contributed by atoms with Crippen LogP contribution in [0.25, 0.3) is 0 Å².